The lowest BCUT2D eigenvalue weighted by atomic mass is 10.0. The molecule has 0 bridgehead atoms. The summed E-state index contributed by atoms with van der Waals surface area (Å²) in [5.41, 5.74) is 8.03. The molecule has 2 nitrogen and oxygen atoms in total. The first-order valence-electron chi connectivity index (χ1n) is 6.65. The first-order valence-corrected chi connectivity index (χ1v) is 8.24. The van der Waals surface area contributed by atoms with Gasteiger partial charge in [0, 0.05) is 54.2 Å². The van der Waals surface area contributed by atoms with Crippen molar-refractivity contribution < 1.29 is 10.3 Å². The minimum atomic E-state index is 1.04. The van der Waals surface area contributed by atoms with Gasteiger partial charge < -0.3 is 0 Å². The first kappa shape index (κ1) is 14.9. The van der Waals surface area contributed by atoms with E-state index in [9.17, 15) is 0 Å². The Kier molecular flexibility index (Phi) is 4.64. The fraction of sp³-hybridized carbons (Fsp3) is 0.400. The molecule has 102 valence electrons. The molecule has 0 aromatic carbocycles. The number of nitrogens with one attached hydrogen (secondary N) is 1. The molecule has 0 fully saturated rings. The summed E-state index contributed by atoms with van der Waals surface area (Å²) >= 11 is 7.23. The summed E-state index contributed by atoms with van der Waals surface area (Å²) in [5, 5.41) is 2.22. The van der Waals surface area contributed by atoms with Gasteiger partial charge >= 0.3 is 0 Å². The normalized spacial score (nSPS) is 22.2. The highest BCUT2D eigenvalue weighted by molar-refractivity contribution is 9.18. The molecule has 0 saturated carbocycles. The Balaban J connectivity index is 2.42. The van der Waals surface area contributed by atoms with E-state index in [-0.39, 0.29) is 0 Å². The van der Waals surface area contributed by atoms with E-state index in [2.05, 4.69) is 75.9 Å². The highest BCUT2D eigenvalue weighted by Crippen LogP contribution is 2.27. The molecule has 0 aromatic heterocycles. The van der Waals surface area contributed by atoms with Crippen molar-refractivity contribution in [2.24, 2.45) is 0 Å². The number of nitrogens with two attached hydrogens (primary N) is 1. The minimum Gasteiger partial charge on any atom is -0.275 e. The topological polar surface area (TPSA) is 30.6 Å². The van der Waals surface area contributed by atoms with Crippen molar-refractivity contribution in [3.63, 3.8) is 0 Å². The lowest BCUT2D eigenvalue weighted by Crippen LogP contribution is -2.77. The van der Waals surface area contributed by atoms with E-state index in [1.807, 2.05) is 0 Å². The van der Waals surface area contributed by atoms with Crippen LogP contribution in [0.5, 0.6) is 0 Å². The largest absolute Gasteiger partial charge is 0.275 e. The Morgan fingerprint density at radius 1 is 1.05 bits per heavy atom. The number of allylic oxidation sites excluding steroid dienone is 5. The van der Waals surface area contributed by atoms with E-state index < -0.39 is 0 Å². The van der Waals surface area contributed by atoms with E-state index in [1.165, 1.54) is 38.3 Å². The molecule has 19 heavy (non-hydrogen) atoms. The Labute approximate surface area is 131 Å². The lowest BCUT2D eigenvalue weighted by Gasteiger charge is -1.99. The quantitative estimate of drug-likeness (QED) is 0.696. The molecule has 0 aliphatic carbocycles. The van der Waals surface area contributed by atoms with Crippen LogP contribution >= 0.6 is 31.9 Å². The van der Waals surface area contributed by atoms with Gasteiger partial charge in [-0.25, -0.2) is 0 Å². The molecule has 3 N–H and O–H groups in total. The first-order chi connectivity index (χ1) is 8.99. The van der Waals surface area contributed by atoms with E-state index in [0.717, 1.165) is 17.5 Å². The summed E-state index contributed by atoms with van der Waals surface area (Å²) in [6, 6.07) is 0. The molecule has 2 rings (SSSR count). The van der Waals surface area contributed by atoms with Gasteiger partial charge in [-0.1, -0.05) is 13.8 Å². The average Bonchev–Trinajstić information content (AvgIpc) is 2.79. The van der Waals surface area contributed by atoms with Gasteiger partial charge in [-0.15, -0.1) is 0 Å². The van der Waals surface area contributed by atoms with Crippen LogP contribution in [-0.2, 0) is 0 Å². The standard InChI is InChI=1S/C15H18Br2N2/c1-5-10-8(3)14(16)18-12(10)7-13-11(6-2)9(4)15(17)19-13/h7,18H,5-6H2,1-4H3/p+2. The SMILES string of the molecule is CCC1=C(C=C2[NH+]=C(Br)C(C)=C2CC)[NH2+]C(Br)=C1C. The summed E-state index contributed by atoms with van der Waals surface area (Å²) in [4.78, 5) is 3.44. The zero-order valence-electron chi connectivity index (χ0n) is 11.8. The zero-order valence-corrected chi connectivity index (χ0v) is 15.0. The van der Waals surface area contributed by atoms with E-state index in [0.29, 0.717) is 0 Å². The summed E-state index contributed by atoms with van der Waals surface area (Å²) in [7, 11) is 0. The zero-order chi connectivity index (χ0) is 14.2. The van der Waals surface area contributed by atoms with Crippen molar-refractivity contribution in [1.82, 2.24) is 0 Å². The van der Waals surface area contributed by atoms with Crippen LogP contribution in [0.15, 0.2) is 44.4 Å². The maximum absolute atomic E-state index is 3.64. The van der Waals surface area contributed by atoms with Gasteiger partial charge in [-0.05, 0) is 26.7 Å². The highest BCUT2D eigenvalue weighted by Gasteiger charge is 2.28. The smallest absolute Gasteiger partial charge is 0.250 e. The number of hydrogen-bond acceptors (Lipinski definition) is 0. The summed E-state index contributed by atoms with van der Waals surface area (Å²) < 4.78 is 2.30. The van der Waals surface area contributed by atoms with Crippen LogP contribution in [0, 0.1) is 0 Å². The van der Waals surface area contributed by atoms with Crippen molar-refractivity contribution in [3.8, 4) is 0 Å². The van der Waals surface area contributed by atoms with Crippen LogP contribution in [0.2, 0.25) is 0 Å². The monoisotopic (exact) mass is 386 g/mol. The highest BCUT2D eigenvalue weighted by atomic mass is 79.9. The van der Waals surface area contributed by atoms with Crippen LogP contribution < -0.4 is 10.3 Å². The van der Waals surface area contributed by atoms with Crippen molar-refractivity contribution in [2.75, 3.05) is 0 Å². The van der Waals surface area contributed by atoms with Crippen LogP contribution in [0.1, 0.15) is 40.5 Å². The van der Waals surface area contributed by atoms with Crippen LogP contribution in [-0.4, -0.2) is 4.62 Å². The third-order valence-corrected chi connectivity index (χ3v) is 5.42. The maximum atomic E-state index is 3.64. The van der Waals surface area contributed by atoms with Gasteiger partial charge in [-0.3, -0.25) is 5.32 Å². The number of halogens is 2. The minimum absolute atomic E-state index is 1.04. The molecule has 0 amide bonds. The molecule has 0 unspecified atom stereocenters. The molecule has 0 aromatic rings. The Hall–Kier alpha value is -0.450. The fourth-order valence-electron chi connectivity index (χ4n) is 2.65. The van der Waals surface area contributed by atoms with Gasteiger partial charge in [0.05, 0.1) is 6.08 Å². The van der Waals surface area contributed by atoms with E-state index in [4.69, 9.17) is 0 Å². The molecule has 0 spiro atoms. The van der Waals surface area contributed by atoms with Crippen molar-refractivity contribution in [2.45, 2.75) is 40.5 Å². The van der Waals surface area contributed by atoms with Crippen molar-refractivity contribution >= 4 is 36.5 Å². The molecule has 0 radical (unpaired) electrons. The van der Waals surface area contributed by atoms with E-state index in [1.54, 1.807) is 0 Å². The third-order valence-electron chi connectivity index (χ3n) is 3.80. The number of quaternary nitrogens is 1. The second kappa shape index (κ2) is 5.90. The summed E-state index contributed by atoms with van der Waals surface area (Å²) in [6.07, 6.45) is 4.38. The van der Waals surface area contributed by atoms with Crippen molar-refractivity contribution in [1.29, 1.82) is 0 Å². The average molecular weight is 388 g/mol. The molecule has 2 heterocycles. The van der Waals surface area contributed by atoms with E-state index >= 15 is 0 Å². The second-order valence-electron chi connectivity index (χ2n) is 4.86. The van der Waals surface area contributed by atoms with Gasteiger partial charge in [0.25, 0.3) is 0 Å². The predicted molar refractivity (Wildman–Crippen MR) is 86.8 cm³/mol. The second-order valence-corrected chi connectivity index (χ2v) is 6.51. The fourth-order valence-corrected chi connectivity index (χ4v) is 3.59. The number of hydrogen-bond donors (Lipinski definition) is 2. The number of rotatable bonds is 3. The molecule has 2 aliphatic heterocycles. The molecule has 4 heteroatoms. The Morgan fingerprint density at radius 3 is 2.26 bits per heavy atom. The predicted octanol–water partition coefficient (Wildman–Crippen LogP) is 2.35. The summed E-state index contributed by atoms with van der Waals surface area (Å²) in [6.45, 7) is 8.75. The van der Waals surface area contributed by atoms with Gasteiger partial charge in [0.1, 0.15) is 5.70 Å². The molecule has 0 atom stereocenters. The Bertz CT molecular complexity index is 575. The summed E-state index contributed by atoms with van der Waals surface area (Å²) in [5.74, 6) is 0. The molecular formula is C15H20Br2N2+2. The van der Waals surface area contributed by atoms with Gasteiger partial charge in [-0.2, -0.15) is 4.99 Å². The van der Waals surface area contributed by atoms with Crippen molar-refractivity contribution in [3.05, 3.63) is 44.4 Å². The third kappa shape index (κ3) is 2.71. The van der Waals surface area contributed by atoms with Crippen LogP contribution in [0.4, 0.5) is 0 Å². The Morgan fingerprint density at radius 2 is 1.68 bits per heavy atom. The van der Waals surface area contributed by atoms with Gasteiger partial charge in [0.15, 0.2) is 4.61 Å². The van der Waals surface area contributed by atoms with Crippen LogP contribution in [0.3, 0.4) is 0 Å². The maximum Gasteiger partial charge on any atom is 0.250 e. The molecular weight excluding hydrogens is 368 g/mol. The van der Waals surface area contributed by atoms with Gasteiger partial charge in [0.2, 0.25) is 10.3 Å². The molecule has 2 aliphatic rings. The molecule has 0 saturated heterocycles. The van der Waals surface area contributed by atoms with Crippen LogP contribution in [0.25, 0.3) is 0 Å². The lowest BCUT2D eigenvalue weighted by molar-refractivity contribution is -0.533.